The molecular formula is C11H18N4. The largest absolute Gasteiger partial charge is 0.352 e. The lowest BCUT2D eigenvalue weighted by Gasteiger charge is -2.21. The average molecular weight is 206 g/mol. The van der Waals surface area contributed by atoms with Gasteiger partial charge in [-0.3, -0.25) is 4.98 Å². The number of anilines is 1. The summed E-state index contributed by atoms with van der Waals surface area (Å²) >= 11 is 0. The number of aromatic nitrogens is 2. The zero-order valence-corrected chi connectivity index (χ0v) is 9.19. The van der Waals surface area contributed by atoms with E-state index in [1.807, 2.05) is 6.08 Å². The van der Waals surface area contributed by atoms with Crippen molar-refractivity contribution in [2.45, 2.75) is 19.9 Å². The van der Waals surface area contributed by atoms with Crippen LogP contribution in [-0.4, -0.2) is 23.1 Å². The van der Waals surface area contributed by atoms with Gasteiger partial charge in [0.1, 0.15) is 5.82 Å². The highest BCUT2D eigenvalue weighted by Gasteiger charge is 2.05. The monoisotopic (exact) mass is 206 g/mol. The van der Waals surface area contributed by atoms with Crippen molar-refractivity contribution in [2.24, 2.45) is 5.73 Å². The molecule has 0 saturated carbocycles. The molecule has 0 atom stereocenters. The van der Waals surface area contributed by atoms with Crippen LogP contribution in [0.15, 0.2) is 25.0 Å². The maximum Gasteiger partial charge on any atom is 0.147 e. The Morgan fingerprint density at radius 3 is 2.93 bits per heavy atom. The van der Waals surface area contributed by atoms with Gasteiger partial charge in [0, 0.05) is 25.8 Å². The molecule has 0 aliphatic carbocycles. The SMILES string of the molecule is C=CCN(CCC)c1cncc(CN)n1. The number of hydrogen-bond acceptors (Lipinski definition) is 4. The fourth-order valence-electron chi connectivity index (χ4n) is 1.37. The predicted octanol–water partition coefficient (Wildman–Crippen LogP) is 1.34. The van der Waals surface area contributed by atoms with E-state index in [2.05, 4.69) is 28.4 Å². The molecule has 4 heteroatoms. The zero-order valence-electron chi connectivity index (χ0n) is 9.19. The average Bonchev–Trinajstić information content (AvgIpc) is 2.29. The van der Waals surface area contributed by atoms with E-state index in [4.69, 9.17) is 5.73 Å². The first kappa shape index (κ1) is 11.7. The van der Waals surface area contributed by atoms with Gasteiger partial charge in [0.15, 0.2) is 0 Å². The van der Waals surface area contributed by atoms with E-state index in [9.17, 15) is 0 Å². The Hall–Kier alpha value is -1.42. The van der Waals surface area contributed by atoms with Crippen LogP contribution in [0.2, 0.25) is 0 Å². The number of rotatable bonds is 6. The lowest BCUT2D eigenvalue weighted by atomic mass is 10.3. The number of nitrogens with two attached hydrogens (primary N) is 1. The van der Waals surface area contributed by atoms with Crippen LogP contribution >= 0.6 is 0 Å². The van der Waals surface area contributed by atoms with Crippen LogP contribution in [0, 0.1) is 0 Å². The van der Waals surface area contributed by atoms with E-state index in [1.54, 1.807) is 12.4 Å². The summed E-state index contributed by atoms with van der Waals surface area (Å²) in [6.45, 7) is 8.04. The molecule has 0 bridgehead atoms. The molecule has 0 unspecified atom stereocenters. The third-order valence-corrected chi connectivity index (χ3v) is 2.05. The molecule has 0 saturated heterocycles. The van der Waals surface area contributed by atoms with Crippen LogP contribution in [-0.2, 0) is 6.54 Å². The normalized spacial score (nSPS) is 10.0. The van der Waals surface area contributed by atoms with Crippen molar-refractivity contribution in [3.63, 3.8) is 0 Å². The van der Waals surface area contributed by atoms with Crippen molar-refractivity contribution < 1.29 is 0 Å². The summed E-state index contributed by atoms with van der Waals surface area (Å²) in [5.41, 5.74) is 6.34. The highest BCUT2D eigenvalue weighted by Crippen LogP contribution is 2.09. The van der Waals surface area contributed by atoms with Gasteiger partial charge < -0.3 is 10.6 Å². The van der Waals surface area contributed by atoms with E-state index in [-0.39, 0.29) is 0 Å². The summed E-state index contributed by atoms with van der Waals surface area (Å²) in [5.74, 6) is 0.875. The van der Waals surface area contributed by atoms with Crippen LogP contribution in [0.25, 0.3) is 0 Å². The molecule has 1 aromatic rings. The van der Waals surface area contributed by atoms with Gasteiger partial charge in [-0.05, 0) is 6.42 Å². The summed E-state index contributed by atoms with van der Waals surface area (Å²) in [5, 5.41) is 0. The van der Waals surface area contributed by atoms with Crippen molar-refractivity contribution in [3.8, 4) is 0 Å². The van der Waals surface area contributed by atoms with Gasteiger partial charge in [0.05, 0.1) is 11.9 Å². The third kappa shape index (κ3) is 3.32. The van der Waals surface area contributed by atoms with Gasteiger partial charge in [0.25, 0.3) is 0 Å². The topological polar surface area (TPSA) is 55.0 Å². The molecule has 0 aromatic carbocycles. The van der Waals surface area contributed by atoms with Gasteiger partial charge in [-0.1, -0.05) is 13.0 Å². The maximum atomic E-state index is 5.53. The Morgan fingerprint density at radius 2 is 2.33 bits per heavy atom. The fraction of sp³-hybridized carbons (Fsp3) is 0.455. The van der Waals surface area contributed by atoms with Crippen molar-refractivity contribution in [1.29, 1.82) is 0 Å². The van der Waals surface area contributed by atoms with Gasteiger partial charge in [-0.2, -0.15) is 0 Å². The molecule has 1 heterocycles. The second-order valence-electron chi connectivity index (χ2n) is 3.31. The molecule has 0 spiro atoms. The third-order valence-electron chi connectivity index (χ3n) is 2.05. The van der Waals surface area contributed by atoms with Crippen LogP contribution in [0.5, 0.6) is 0 Å². The minimum absolute atomic E-state index is 0.425. The van der Waals surface area contributed by atoms with E-state index in [0.717, 1.165) is 31.0 Å². The Kier molecular flexibility index (Phi) is 4.77. The van der Waals surface area contributed by atoms with Crippen LogP contribution in [0.4, 0.5) is 5.82 Å². The summed E-state index contributed by atoms with van der Waals surface area (Å²) in [6, 6.07) is 0. The first-order valence-electron chi connectivity index (χ1n) is 5.18. The number of hydrogen-bond donors (Lipinski definition) is 1. The standard InChI is InChI=1S/C11H18N4/c1-3-5-15(6-4-2)11-9-13-8-10(7-12)14-11/h3,8-9H,1,4-7,12H2,2H3. The second kappa shape index (κ2) is 6.14. The Bertz CT molecular complexity index is 311. The first-order chi connectivity index (χ1) is 7.31. The molecule has 0 fully saturated rings. The van der Waals surface area contributed by atoms with Crippen molar-refractivity contribution in [2.75, 3.05) is 18.0 Å². The van der Waals surface area contributed by atoms with Gasteiger partial charge in [-0.25, -0.2) is 4.98 Å². The zero-order chi connectivity index (χ0) is 11.1. The minimum atomic E-state index is 0.425. The van der Waals surface area contributed by atoms with Crippen LogP contribution in [0.3, 0.4) is 0 Å². The summed E-state index contributed by atoms with van der Waals surface area (Å²) in [7, 11) is 0. The number of nitrogens with zero attached hydrogens (tertiary/aromatic N) is 3. The predicted molar refractivity (Wildman–Crippen MR) is 62.6 cm³/mol. The second-order valence-corrected chi connectivity index (χ2v) is 3.31. The Labute approximate surface area is 90.8 Å². The highest BCUT2D eigenvalue weighted by atomic mass is 15.2. The lowest BCUT2D eigenvalue weighted by Crippen LogP contribution is -2.25. The molecule has 0 aliphatic heterocycles. The molecule has 0 aliphatic rings. The Balaban J connectivity index is 2.83. The lowest BCUT2D eigenvalue weighted by molar-refractivity contribution is 0.790. The van der Waals surface area contributed by atoms with E-state index in [1.165, 1.54) is 0 Å². The van der Waals surface area contributed by atoms with Gasteiger partial charge in [0.2, 0.25) is 0 Å². The van der Waals surface area contributed by atoms with Gasteiger partial charge >= 0.3 is 0 Å². The quantitative estimate of drug-likeness (QED) is 0.714. The summed E-state index contributed by atoms with van der Waals surface area (Å²) in [4.78, 5) is 10.7. The smallest absolute Gasteiger partial charge is 0.147 e. The molecule has 82 valence electrons. The molecular weight excluding hydrogens is 188 g/mol. The molecule has 2 N–H and O–H groups in total. The van der Waals surface area contributed by atoms with E-state index in [0.29, 0.717) is 6.54 Å². The first-order valence-corrected chi connectivity index (χ1v) is 5.18. The summed E-state index contributed by atoms with van der Waals surface area (Å²) < 4.78 is 0. The Morgan fingerprint density at radius 1 is 1.53 bits per heavy atom. The van der Waals surface area contributed by atoms with Gasteiger partial charge in [-0.15, -0.1) is 6.58 Å². The molecule has 0 amide bonds. The van der Waals surface area contributed by atoms with Crippen LogP contribution in [0.1, 0.15) is 19.0 Å². The molecule has 15 heavy (non-hydrogen) atoms. The minimum Gasteiger partial charge on any atom is -0.352 e. The van der Waals surface area contributed by atoms with E-state index >= 15 is 0 Å². The highest BCUT2D eigenvalue weighted by molar-refractivity contribution is 5.37. The van der Waals surface area contributed by atoms with Crippen molar-refractivity contribution in [3.05, 3.63) is 30.7 Å². The van der Waals surface area contributed by atoms with Crippen molar-refractivity contribution >= 4 is 5.82 Å². The molecule has 4 nitrogen and oxygen atoms in total. The maximum absolute atomic E-state index is 5.53. The van der Waals surface area contributed by atoms with Crippen LogP contribution < -0.4 is 10.6 Å². The summed E-state index contributed by atoms with van der Waals surface area (Å²) in [6.07, 6.45) is 6.40. The molecule has 0 radical (unpaired) electrons. The van der Waals surface area contributed by atoms with E-state index < -0.39 is 0 Å². The van der Waals surface area contributed by atoms with Crippen molar-refractivity contribution in [1.82, 2.24) is 9.97 Å². The fourth-order valence-corrected chi connectivity index (χ4v) is 1.37. The molecule has 1 aromatic heterocycles. The molecule has 1 rings (SSSR count).